The lowest BCUT2D eigenvalue weighted by atomic mass is 9.97. The number of benzene rings is 2. The maximum Gasteiger partial charge on any atom is 0.124 e. The maximum absolute atomic E-state index is 6.51. The van der Waals surface area contributed by atoms with Crippen LogP contribution in [0.3, 0.4) is 0 Å². The van der Waals surface area contributed by atoms with Crippen LogP contribution in [0.1, 0.15) is 17.2 Å². The molecular weight excluding hydrogens is 282 g/mol. The Kier molecular flexibility index (Phi) is 3.82. The van der Waals surface area contributed by atoms with Gasteiger partial charge in [0.15, 0.2) is 0 Å². The molecule has 0 saturated carbocycles. The molecule has 0 radical (unpaired) electrons. The van der Waals surface area contributed by atoms with Crippen molar-refractivity contribution in [3.63, 3.8) is 0 Å². The summed E-state index contributed by atoms with van der Waals surface area (Å²) in [5.74, 6) is 1.55. The summed E-state index contributed by atoms with van der Waals surface area (Å²) in [6.45, 7) is 0. The first kappa shape index (κ1) is 13.9. The molecule has 1 heterocycles. The smallest absolute Gasteiger partial charge is 0.124 e. The molecule has 1 unspecified atom stereocenters. The Bertz CT molecular complexity index is 766. The van der Waals surface area contributed by atoms with Crippen LogP contribution in [0.15, 0.2) is 47.8 Å². The van der Waals surface area contributed by atoms with E-state index in [4.69, 9.17) is 15.2 Å². The molecule has 3 rings (SSSR count). The minimum Gasteiger partial charge on any atom is -0.497 e. The summed E-state index contributed by atoms with van der Waals surface area (Å²) in [7, 11) is 3.31. The zero-order valence-electron chi connectivity index (χ0n) is 12.0. The molecule has 0 saturated heterocycles. The number of methoxy groups -OCH3 is 2. The van der Waals surface area contributed by atoms with Crippen molar-refractivity contribution in [2.75, 3.05) is 14.2 Å². The molecule has 4 heteroatoms. The second kappa shape index (κ2) is 5.76. The molecule has 21 heavy (non-hydrogen) atoms. The van der Waals surface area contributed by atoms with E-state index >= 15 is 0 Å². The van der Waals surface area contributed by atoms with E-state index in [9.17, 15) is 0 Å². The van der Waals surface area contributed by atoms with Crippen molar-refractivity contribution in [1.82, 2.24) is 0 Å². The van der Waals surface area contributed by atoms with E-state index in [2.05, 4.69) is 23.6 Å². The van der Waals surface area contributed by atoms with Crippen LogP contribution in [0, 0.1) is 0 Å². The summed E-state index contributed by atoms with van der Waals surface area (Å²) in [6, 6.07) is 13.8. The van der Waals surface area contributed by atoms with Crippen molar-refractivity contribution in [3.05, 3.63) is 59.0 Å². The van der Waals surface area contributed by atoms with Crippen LogP contribution in [0.5, 0.6) is 11.5 Å². The summed E-state index contributed by atoms with van der Waals surface area (Å²) < 4.78 is 12.0. The predicted octanol–water partition coefficient (Wildman–Crippen LogP) is 3.97. The van der Waals surface area contributed by atoms with Crippen molar-refractivity contribution in [3.8, 4) is 11.5 Å². The van der Waals surface area contributed by atoms with Gasteiger partial charge in [-0.3, -0.25) is 0 Å². The highest BCUT2D eigenvalue weighted by Crippen LogP contribution is 2.36. The van der Waals surface area contributed by atoms with Crippen LogP contribution in [0.25, 0.3) is 10.1 Å². The number of ether oxygens (including phenoxy) is 2. The van der Waals surface area contributed by atoms with Gasteiger partial charge in [-0.25, -0.2) is 0 Å². The van der Waals surface area contributed by atoms with Crippen molar-refractivity contribution in [2.45, 2.75) is 6.04 Å². The summed E-state index contributed by atoms with van der Waals surface area (Å²) in [5, 5.41) is 3.30. The molecule has 0 bridgehead atoms. The van der Waals surface area contributed by atoms with E-state index in [1.807, 2.05) is 24.3 Å². The number of thiophene rings is 1. The summed E-state index contributed by atoms with van der Waals surface area (Å²) in [6.07, 6.45) is 0. The van der Waals surface area contributed by atoms with E-state index in [0.29, 0.717) is 0 Å². The summed E-state index contributed by atoms with van der Waals surface area (Å²) in [5.41, 5.74) is 8.55. The van der Waals surface area contributed by atoms with Crippen molar-refractivity contribution < 1.29 is 9.47 Å². The highest BCUT2D eigenvalue weighted by atomic mass is 32.1. The van der Waals surface area contributed by atoms with Crippen molar-refractivity contribution in [1.29, 1.82) is 0 Å². The molecular formula is C17H17NO2S. The third-order valence-electron chi connectivity index (χ3n) is 3.62. The van der Waals surface area contributed by atoms with Gasteiger partial charge in [-0.15, -0.1) is 11.3 Å². The molecule has 0 aliphatic rings. The average molecular weight is 299 g/mol. The predicted molar refractivity (Wildman–Crippen MR) is 87.4 cm³/mol. The first-order chi connectivity index (χ1) is 10.2. The Morgan fingerprint density at radius 2 is 1.86 bits per heavy atom. The van der Waals surface area contributed by atoms with Crippen LogP contribution >= 0.6 is 11.3 Å². The molecule has 0 spiro atoms. The quantitative estimate of drug-likeness (QED) is 0.793. The Morgan fingerprint density at radius 1 is 1.00 bits per heavy atom. The lowest BCUT2D eigenvalue weighted by molar-refractivity contribution is 0.397. The molecule has 2 N–H and O–H groups in total. The van der Waals surface area contributed by atoms with Crippen LogP contribution in [-0.2, 0) is 0 Å². The van der Waals surface area contributed by atoms with E-state index in [-0.39, 0.29) is 6.04 Å². The fourth-order valence-corrected chi connectivity index (χ4v) is 3.47. The van der Waals surface area contributed by atoms with Crippen LogP contribution in [0.2, 0.25) is 0 Å². The average Bonchev–Trinajstić information content (AvgIpc) is 3.02. The standard InChI is InChI=1S/C17H17NO2S/c1-19-12-6-7-15(20-2)14(10-12)16(18)13-5-3-4-11-8-9-21-17(11)13/h3-10,16H,18H2,1-2H3. The second-order valence-corrected chi connectivity index (χ2v) is 5.69. The third-order valence-corrected chi connectivity index (χ3v) is 4.60. The molecule has 2 aromatic carbocycles. The third kappa shape index (κ3) is 2.48. The van der Waals surface area contributed by atoms with E-state index in [1.165, 1.54) is 10.1 Å². The molecule has 0 fully saturated rings. The van der Waals surface area contributed by atoms with Gasteiger partial charge in [-0.1, -0.05) is 18.2 Å². The minimum absolute atomic E-state index is 0.252. The maximum atomic E-state index is 6.51. The fourth-order valence-electron chi connectivity index (χ4n) is 2.51. The van der Waals surface area contributed by atoms with Crippen LogP contribution < -0.4 is 15.2 Å². The molecule has 1 atom stereocenters. The SMILES string of the molecule is COc1ccc(OC)c(C(N)c2cccc3ccsc23)c1. The van der Waals surface area contributed by atoms with Gasteiger partial charge in [0, 0.05) is 10.3 Å². The van der Waals surface area contributed by atoms with Crippen LogP contribution in [-0.4, -0.2) is 14.2 Å². The molecule has 0 aliphatic heterocycles. The molecule has 0 amide bonds. The second-order valence-electron chi connectivity index (χ2n) is 4.77. The first-order valence-corrected chi connectivity index (χ1v) is 7.56. The van der Waals surface area contributed by atoms with Gasteiger partial charge in [0.05, 0.1) is 20.3 Å². The molecule has 3 nitrogen and oxygen atoms in total. The largest absolute Gasteiger partial charge is 0.497 e. The topological polar surface area (TPSA) is 44.5 Å². The van der Waals surface area contributed by atoms with Gasteiger partial charge in [-0.05, 0) is 40.6 Å². The zero-order valence-corrected chi connectivity index (χ0v) is 12.8. The van der Waals surface area contributed by atoms with Gasteiger partial charge in [0.1, 0.15) is 11.5 Å². The van der Waals surface area contributed by atoms with E-state index in [1.54, 1.807) is 25.6 Å². The van der Waals surface area contributed by atoms with Crippen molar-refractivity contribution in [2.24, 2.45) is 5.73 Å². The van der Waals surface area contributed by atoms with E-state index < -0.39 is 0 Å². The number of fused-ring (bicyclic) bond motifs is 1. The van der Waals surface area contributed by atoms with Gasteiger partial charge in [-0.2, -0.15) is 0 Å². The lowest BCUT2D eigenvalue weighted by Crippen LogP contribution is -2.13. The fraction of sp³-hybridized carbons (Fsp3) is 0.176. The Balaban J connectivity index is 2.13. The number of rotatable bonds is 4. The molecule has 3 aromatic rings. The summed E-state index contributed by atoms with van der Waals surface area (Å²) in [4.78, 5) is 0. The van der Waals surface area contributed by atoms with Gasteiger partial charge in [0.25, 0.3) is 0 Å². The number of nitrogens with two attached hydrogens (primary N) is 1. The summed E-state index contributed by atoms with van der Waals surface area (Å²) >= 11 is 1.71. The monoisotopic (exact) mass is 299 g/mol. The normalized spacial score (nSPS) is 12.3. The zero-order chi connectivity index (χ0) is 14.8. The highest BCUT2D eigenvalue weighted by Gasteiger charge is 2.17. The Morgan fingerprint density at radius 3 is 2.62 bits per heavy atom. The minimum atomic E-state index is -0.252. The Hall–Kier alpha value is -2.04. The van der Waals surface area contributed by atoms with E-state index in [0.717, 1.165) is 22.6 Å². The van der Waals surface area contributed by atoms with Crippen molar-refractivity contribution >= 4 is 21.4 Å². The molecule has 1 aromatic heterocycles. The number of hydrogen-bond acceptors (Lipinski definition) is 4. The molecule has 0 aliphatic carbocycles. The first-order valence-electron chi connectivity index (χ1n) is 6.68. The molecule has 108 valence electrons. The van der Waals surface area contributed by atoms with Crippen LogP contribution in [0.4, 0.5) is 0 Å². The van der Waals surface area contributed by atoms with Gasteiger partial charge < -0.3 is 15.2 Å². The lowest BCUT2D eigenvalue weighted by Gasteiger charge is -2.18. The Labute approximate surface area is 127 Å². The highest BCUT2D eigenvalue weighted by molar-refractivity contribution is 7.17. The van der Waals surface area contributed by atoms with Gasteiger partial charge in [0.2, 0.25) is 0 Å². The van der Waals surface area contributed by atoms with Gasteiger partial charge >= 0.3 is 0 Å². The number of hydrogen-bond donors (Lipinski definition) is 1.